The number of benzene rings is 3. The Bertz CT molecular complexity index is 1360. The first kappa shape index (κ1) is 28.7. The number of aryl methyl sites for hydroxylation is 2. The van der Waals surface area contributed by atoms with Crippen molar-refractivity contribution in [1.29, 1.82) is 0 Å². The number of hydrogen-bond donors (Lipinski definition) is 3. The summed E-state index contributed by atoms with van der Waals surface area (Å²) in [4.78, 5) is 36.8. The topological polar surface area (TPSA) is 127 Å². The van der Waals surface area contributed by atoms with Gasteiger partial charge in [-0.3, -0.25) is 14.4 Å². The predicted molar refractivity (Wildman–Crippen MR) is 150 cm³/mol. The average molecular weight is 533 g/mol. The van der Waals surface area contributed by atoms with Gasteiger partial charge >= 0.3 is 11.8 Å². The van der Waals surface area contributed by atoms with Crippen molar-refractivity contribution in [2.75, 3.05) is 30.5 Å². The average Bonchev–Trinajstić information content (AvgIpc) is 2.91. The lowest BCUT2D eigenvalue weighted by Crippen LogP contribution is -2.32. The summed E-state index contributed by atoms with van der Waals surface area (Å²) in [5.74, 6) is -0.911. The summed E-state index contributed by atoms with van der Waals surface area (Å²) in [6.07, 6.45) is 1.36. The molecule has 0 aliphatic rings. The highest BCUT2D eigenvalue weighted by Gasteiger charge is 2.15. The van der Waals surface area contributed by atoms with E-state index in [1.54, 1.807) is 42.5 Å². The maximum Gasteiger partial charge on any atom is 0.329 e. The first-order valence-corrected chi connectivity index (χ1v) is 12.4. The van der Waals surface area contributed by atoms with Gasteiger partial charge in [0.2, 0.25) is 0 Å². The Morgan fingerprint density at radius 3 is 2.26 bits per heavy atom. The van der Waals surface area contributed by atoms with Gasteiger partial charge in [0.05, 0.1) is 25.1 Å². The number of para-hydroxylation sites is 2. The summed E-state index contributed by atoms with van der Waals surface area (Å²) in [6, 6.07) is 17.5. The number of amides is 3. The van der Waals surface area contributed by atoms with Crippen LogP contribution in [-0.4, -0.2) is 43.8 Å². The van der Waals surface area contributed by atoms with Gasteiger partial charge < -0.3 is 24.8 Å². The van der Waals surface area contributed by atoms with Crippen molar-refractivity contribution in [1.82, 2.24) is 5.43 Å². The lowest BCUT2D eigenvalue weighted by molar-refractivity contribution is -0.136. The van der Waals surface area contributed by atoms with E-state index in [1.165, 1.54) is 6.21 Å². The second-order valence-corrected chi connectivity index (χ2v) is 8.38. The van der Waals surface area contributed by atoms with Crippen LogP contribution in [0.5, 0.6) is 17.2 Å². The molecule has 3 aromatic carbocycles. The molecule has 0 atom stereocenters. The number of hydrogen-bond acceptors (Lipinski definition) is 7. The molecule has 0 saturated carbocycles. The third-order valence-electron chi connectivity index (χ3n) is 5.30. The summed E-state index contributed by atoms with van der Waals surface area (Å²) in [7, 11) is 0. The Labute approximate surface area is 227 Å². The van der Waals surface area contributed by atoms with Crippen molar-refractivity contribution >= 4 is 35.3 Å². The van der Waals surface area contributed by atoms with Crippen LogP contribution in [0.4, 0.5) is 11.4 Å². The zero-order chi connectivity index (χ0) is 28.2. The number of carbonyl (C=O) groups excluding carboxylic acids is 3. The Hall–Kier alpha value is -4.86. The molecule has 0 aliphatic carbocycles. The summed E-state index contributed by atoms with van der Waals surface area (Å²) in [5.41, 5.74) is 5.94. The molecule has 0 radical (unpaired) electrons. The van der Waals surface area contributed by atoms with E-state index in [-0.39, 0.29) is 12.5 Å². The van der Waals surface area contributed by atoms with Crippen molar-refractivity contribution in [3.8, 4) is 17.2 Å². The van der Waals surface area contributed by atoms with E-state index < -0.39 is 11.8 Å². The van der Waals surface area contributed by atoms with Crippen molar-refractivity contribution in [2.45, 2.75) is 27.7 Å². The van der Waals surface area contributed by atoms with Crippen LogP contribution in [0.25, 0.3) is 0 Å². The minimum absolute atomic E-state index is 0.210. The third-order valence-corrected chi connectivity index (χ3v) is 5.30. The number of anilines is 2. The van der Waals surface area contributed by atoms with Crippen LogP contribution >= 0.6 is 0 Å². The van der Waals surface area contributed by atoms with E-state index in [0.29, 0.717) is 41.7 Å². The molecule has 0 aromatic heterocycles. The Kier molecular flexibility index (Phi) is 10.4. The van der Waals surface area contributed by atoms with Gasteiger partial charge in [0, 0.05) is 5.69 Å². The van der Waals surface area contributed by atoms with Gasteiger partial charge in [0.1, 0.15) is 5.75 Å². The minimum Gasteiger partial charge on any atom is -0.492 e. The van der Waals surface area contributed by atoms with Gasteiger partial charge in [-0.25, -0.2) is 5.43 Å². The molecule has 0 spiro atoms. The molecule has 0 heterocycles. The Balaban J connectivity index is 1.57. The fourth-order valence-electron chi connectivity index (χ4n) is 3.52. The molecule has 0 aliphatic heterocycles. The predicted octanol–water partition coefficient (Wildman–Crippen LogP) is 4.21. The van der Waals surface area contributed by atoms with Gasteiger partial charge in [-0.05, 0) is 75.2 Å². The number of ether oxygens (including phenoxy) is 3. The highest BCUT2D eigenvalue weighted by atomic mass is 16.5. The van der Waals surface area contributed by atoms with Gasteiger partial charge in [-0.2, -0.15) is 5.10 Å². The van der Waals surface area contributed by atoms with Crippen LogP contribution in [0.1, 0.15) is 30.5 Å². The molecule has 39 heavy (non-hydrogen) atoms. The summed E-state index contributed by atoms with van der Waals surface area (Å²) < 4.78 is 16.8. The quantitative estimate of drug-likeness (QED) is 0.193. The highest BCUT2D eigenvalue weighted by Crippen LogP contribution is 2.28. The number of hydrazone groups is 1. The zero-order valence-corrected chi connectivity index (χ0v) is 22.4. The second kappa shape index (κ2) is 14.2. The normalized spacial score (nSPS) is 10.6. The summed E-state index contributed by atoms with van der Waals surface area (Å²) in [5, 5.41) is 9.19. The molecule has 0 unspecified atom stereocenters. The van der Waals surface area contributed by atoms with E-state index in [4.69, 9.17) is 14.2 Å². The molecule has 204 valence electrons. The van der Waals surface area contributed by atoms with Crippen LogP contribution in [0.15, 0.2) is 65.8 Å². The maximum absolute atomic E-state index is 12.4. The van der Waals surface area contributed by atoms with Gasteiger partial charge in [-0.15, -0.1) is 0 Å². The van der Waals surface area contributed by atoms with Crippen molar-refractivity contribution in [2.24, 2.45) is 5.10 Å². The zero-order valence-electron chi connectivity index (χ0n) is 22.4. The van der Waals surface area contributed by atoms with Crippen molar-refractivity contribution in [3.05, 3.63) is 77.4 Å². The molecule has 10 heteroatoms. The molecule has 10 nitrogen and oxygen atoms in total. The second-order valence-electron chi connectivity index (χ2n) is 8.38. The van der Waals surface area contributed by atoms with Crippen molar-refractivity contribution < 1.29 is 28.6 Å². The molecule has 0 fully saturated rings. The summed E-state index contributed by atoms with van der Waals surface area (Å²) in [6.45, 7) is 8.12. The fraction of sp³-hybridized carbons (Fsp3) is 0.241. The first-order valence-electron chi connectivity index (χ1n) is 12.4. The van der Waals surface area contributed by atoms with E-state index in [9.17, 15) is 14.4 Å². The smallest absolute Gasteiger partial charge is 0.329 e. The van der Waals surface area contributed by atoms with E-state index >= 15 is 0 Å². The van der Waals surface area contributed by atoms with Crippen molar-refractivity contribution in [3.63, 3.8) is 0 Å². The monoisotopic (exact) mass is 532 g/mol. The number of nitrogens with one attached hydrogen (secondary N) is 3. The molecule has 3 aromatic rings. The van der Waals surface area contributed by atoms with E-state index in [0.717, 1.165) is 16.8 Å². The molecule has 0 bridgehead atoms. The molecular weight excluding hydrogens is 500 g/mol. The van der Waals surface area contributed by atoms with Gasteiger partial charge in [0.15, 0.2) is 18.1 Å². The molecule has 0 saturated heterocycles. The molecular formula is C29H32N4O6. The minimum atomic E-state index is -0.947. The van der Waals surface area contributed by atoms with Crippen LogP contribution in [0, 0.1) is 13.8 Å². The van der Waals surface area contributed by atoms with Crippen LogP contribution in [0.2, 0.25) is 0 Å². The van der Waals surface area contributed by atoms with Crippen LogP contribution in [0.3, 0.4) is 0 Å². The van der Waals surface area contributed by atoms with Crippen LogP contribution in [-0.2, 0) is 14.4 Å². The van der Waals surface area contributed by atoms with E-state index in [2.05, 4.69) is 21.2 Å². The third kappa shape index (κ3) is 8.60. The van der Waals surface area contributed by atoms with Gasteiger partial charge in [-0.1, -0.05) is 29.8 Å². The first-order chi connectivity index (χ1) is 18.8. The largest absolute Gasteiger partial charge is 0.492 e. The number of rotatable bonds is 11. The maximum atomic E-state index is 12.4. The SMILES string of the molecule is CCOc1ccccc1NC(=O)C(=O)N/N=C\c1ccc(OCC(=O)Nc2ccc(C)cc2C)c(OCC)c1. The van der Waals surface area contributed by atoms with Crippen LogP contribution < -0.4 is 30.3 Å². The molecule has 3 N–H and O–H groups in total. The summed E-state index contributed by atoms with van der Waals surface area (Å²) >= 11 is 0. The lowest BCUT2D eigenvalue weighted by atomic mass is 10.1. The fourth-order valence-corrected chi connectivity index (χ4v) is 3.52. The van der Waals surface area contributed by atoms with Gasteiger partial charge in [0.25, 0.3) is 5.91 Å². The lowest BCUT2D eigenvalue weighted by Gasteiger charge is -2.13. The highest BCUT2D eigenvalue weighted by molar-refractivity contribution is 6.39. The number of nitrogens with zero attached hydrogens (tertiary/aromatic N) is 1. The Morgan fingerprint density at radius 2 is 1.51 bits per heavy atom. The molecule has 3 rings (SSSR count). The number of carbonyl (C=O) groups is 3. The Morgan fingerprint density at radius 1 is 0.769 bits per heavy atom. The van der Waals surface area contributed by atoms with E-state index in [1.807, 2.05) is 45.9 Å². The molecule has 3 amide bonds. The standard InChI is InChI=1S/C29H32N4O6/c1-5-37-24-10-8-7-9-23(24)32-28(35)29(36)33-30-17-21-12-14-25(26(16-21)38-6-2)39-18-27(34)31-22-13-11-19(3)15-20(22)4/h7-17H,5-6,18H2,1-4H3,(H,31,34)(H,32,35)(H,33,36)/b30-17-.